The maximum Gasteiger partial charge on any atom is 0.329 e. The van der Waals surface area contributed by atoms with Gasteiger partial charge in [-0.2, -0.15) is 0 Å². The van der Waals surface area contributed by atoms with Crippen LogP contribution in [0, 0.1) is 13.8 Å². The van der Waals surface area contributed by atoms with E-state index >= 15 is 0 Å². The van der Waals surface area contributed by atoms with Crippen LogP contribution in [0.3, 0.4) is 0 Å². The number of fused-ring (bicyclic) bond motifs is 2. The van der Waals surface area contributed by atoms with Gasteiger partial charge in [0.05, 0.1) is 5.69 Å². The van der Waals surface area contributed by atoms with Gasteiger partial charge in [-0.05, 0) is 37.1 Å². The molecule has 0 saturated heterocycles. The van der Waals surface area contributed by atoms with Crippen molar-refractivity contribution in [3.8, 4) is 0 Å². The number of H-pyrrole nitrogens is 1. The van der Waals surface area contributed by atoms with E-state index in [1.54, 1.807) is 0 Å². The number of aromatic amines is 1. The number of anilines is 2. The smallest absolute Gasteiger partial charge is 0.329 e. The summed E-state index contributed by atoms with van der Waals surface area (Å²) in [6.07, 6.45) is 0. The summed E-state index contributed by atoms with van der Waals surface area (Å²) < 4.78 is 1.07. The molecule has 5 nitrogen and oxygen atoms in total. The largest absolute Gasteiger partial charge is 0.348 e. The molecule has 1 aromatic heterocycles. The van der Waals surface area contributed by atoms with E-state index < -0.39 is 5.69 Å². The minimum atomic E-state index is -0.398. The zero-order chi connectivity index (χ0) is 13.7. The van der Waals surface area contributed by atoms with E-state index in [1.807, 2.05) is 19.9 Å². The van der Waals surface area contributed by atoms with Gasteiger partial charge in [0.1, 0.15) is 10.7 Å². The molecule has 2 N–H and O–H groups in total. The number of hydrogen-bond donors (Lipinski definition) is 2. The summed E-state index contributed by atoms with van der Waals surface area (Å²) in [5.41, 5.74) is 2.98. The second kappa shape index (κ2) is 4.03. The number of nitrogens with zero attached hydrogens (tertiary/aromatic N) is 1. The molecule has 3 rings (SSSR count). The molecule has 98 valence electrons. The third-order valence-electron chi connectivity index (χ3n) is 3.34. The molecule has 6 heteroatoms. The van der Waals surface area contributed by atoms with Gasteiger partial charge in [-0.3, -0.25) is 14.3 Å². The topological polar surface area (TPSA) is 66.9 Å². The summed E-state index contributed by atoms with van der Waals surface area (Å²) in [5.74, 6) is 0. The van der Waals surface area contributed by atoms with Crippen LogP contribution >= 0.6 is 11.8 Å². The van der Waals surface area contributed by atoms with E-state index in [-0.39, 0.29) is 5.56 Å². The summed E-state index contributed by atoms with van der Waals surface area (Å²) >= 11 is 1.41. The van der Waals surface area contributed by atoms with Crippen LogP contribution in [0.2, 0.25) is 0 Å². The minimum Gasteiger partial charge on any atom is -0.348 e. The van der Waals surface area contributed by atoms with Crippen molar-refractivity contribution in [1.82, 2.24) is 9.55 Å². The maximum absolute atomic E-state index is 12.1. The highest BCUT2D eigenvalue weighted by atomic mass is 32.2. The Hall–Kier alpha value is -1.95. The van der Waals surface area contributed by atoms with Gasteiger partial charge >= 0.3 is 5.69 Å². The Morgan fingerprint density at radius 3 is 2.58 bits per heavy atom. The lowest BCUT2D eigenvalue weighted by Gasteiger charge is -2.21. The first-order valence-corrected chi connectivity index (χ1v) is 6.68. The van der Waals surface area contributed by atoms with Crippen LogP contribution in [0.25, 0.3) is 0 Å². The highest BCUT2D eigenvalue weighted by Gasteiger charge is 2.21. The van der Waals surface area contributed by atoms with Crippen molar-refractivity contribution in [2.45, 2.75) is 23.8 Å². The van der Waals surface area contributed by atoms with Crippen LogP contribution in [-0.2, 0) is 7.05 Å². The van der Waals surface area contributed by atoms with Gasteiger partial charge in [0.2, 0.25) is 0 Å². The first kappa shape index (κ1) is 12.1. The SMILES string of the molecule is Cc1cc2c(cc1C)Sc1[nH]c(=O)n(C)c(=O)c1N2. The predicted molar refractivity (Wildman–Crippen MR) is 75.6 cm³/mol. The van der Waals surface area contributed by atoms with E-state index in [0.717, 1.165) is 20.7 Å². The number of aromatic nitrogens is 2. The molecule has 0 spiro atoms. The van der Waals surface area contributed by atoms with E-state index in [1.165, 1.54) is 24.4 Å². The molecule has 0 saturated carbocycles. The van der Waals surface area contributed by atoms with Gasteiger partial charge in [-0.15, -0.1) is 0 Å². The Balaban J connectivity index is 2.23. The Labute approximate surface area is 113 Å². The molecule has 0 unspecified atom stereocenters. The molecule has 1 aliphatic heterocycles. The van der Waals surface area contributed by atoms with Crippen LogP contribution in [0.5, 0.6) is 0 Å². The van der Waals surface area contributed by atoms with E-state index in [0.29, 0.717) is 10.7 Å². The summed E-state index contributed by atoms with van der Waals surface area (Å²) in [6, 6.07) is 4.08. The quantitative estimate of drug-likeness (QED) is 0.615. The third-order valence-corrected chi connectivity index (χ3v) is 4.41. The maximum atomic E-state index is 12.1. The third kappa shape index (κ3) is 1.79. The van der Waals surface area contributed by atoms with Gasteiger partial charge in [0.15, 0.2) is 0 Å². The summed E-state index contributed by atoms with van der Waals surface area (Å²) in [5, 5.41) is 3.69. The molecule has 19 heavy (non-hydrogen) atoms. The molecule has 1 aromatic carbocycles. The average Bonchev–Trinajstić information content (AvgIpc) is 2.37. The lowest BCUT2D eigenvalue weighted by Crippen LogP contribution is -2.35. The van der Waals surface area contributed by atoms with Crippen molar-refractivity contribution >= 4 is 23.1 Å². The highest BCUT2D eigenvalue weighted by molar-refractivity contribution is 7.99. The highest BCUT2D eigenvalue weighted by Crippen LogP contribution is 2.42. The number of benzene rings is 1. The molecule has 0 atom stereocenters. The van der Waals surface area contributed by atoms with Crippen LogP contribution in [-0.4, -0.2) is 9.55 Å². The summed E-state index contributed by atoms with van der Waals surface area (Å²) in [7, 11) is 1.46. The van der Waals surface area contributed by atoms with Crippen LogP contribution in [0.1, 0.15) is 11.1 Å². The molecule has 0 amide bonds. The van der Waals surface area contributed by atoms with Crippen molar-refractivity contribution < 1.29 is 0 Å². The first-order valence-electron chi connectivity index (χ1n) is 5.87. The Morgan fingerprint density at radius 1 is 1.16 bits per heavy atom. The fraction of sp³-hybridized carbons (Fsp3) is 0.231. The number of hydrogen-bond acceptors (Lipinski definition) is 4. The molecule has 2 heterocycles. The standard InChI is InChI=1S/C13H13N3O2S/c1-6-4-8-9(5-7(6)2)19-11-10(14-8)12(17)16(3)13(18)15-11/h4-5,14H,1-3H3,(H,15,18). The van der Waals surface area contributed by atoms with Crippen molar-refractivity contribution in [3.63, 3.8) is 0 Å². The van der Waals surface area contributed by atoms with Crippen molar-refractivity contribution in [2.75, 3.05) is 5.32 Å². The zero-order valence-electron chi connectivity index (χ0n) is 10.8. The van der Waals surface area contributed by atoms with Crippen molar-refractivity contribution in [3.05, 3.63) is 44.1 Å². The molecule has 0 fully saturated rings. The molecule has 0 aliphatic carbocycles. The second-order valence-electron chi connectivity index (χ2n) is 4.66. The van der Waals surface area contributed by atoms with E-state index in [2.05, 4.69) is 16.4 Å². The van der Waals surface area contributed by atoms with Crippen LogP contribution in [0.15, 0.2) is 31.6 Å². The van der Waals surface area contributed by atoms with Crippen molar-refractivity contribution in [1.29, 1.82) is 0 Å². The average molecular weight is 275 g/mol. The van der Waals surface area contributed by atoms with E-state index in [4.69, 9.17) is 0 Å². The number of nitrogens with one attached hydrogen (secondary N) is 2. The second-order valence-corrected chi connectivity index (χ2v) is 5.71. The minimum absolute atomic E-state index is 0.310. The first-order chi connectivity index (χ1) is 8.97. The molecular formula is C13H13N3O2S. The summed E-state index contributed by atoms with van der Waals surface area (Å²) in [4.78, 5) is 27.4. The van der Waals surface area contributed by atoms with Crippen LogP contribution in [0.4, 0.5) is 11.4 Å². The molecular weight excluding hydrogens is 262 g/mol. The van der Waals surface area contributed by atoms with Gasteiger partial charge in [-0.1, -0.05) is 11.8 Å². The number of rotatable bonds is 0. The Bertz CT molecular complexity index is 805. The molecule has 0 bridgehead atoms. The van der Waals surface area contributed by atoms with Gasteiger partial charge in [0, 0.05) is 11.9 Å². The Morgan fingerprint density at radius 2 is 1.84 bits per heavy atom. The Kier molecular flexibility index (Phi) is 2.56. The van der Waals surface area contributed by atoms with Crippen molar-refractivity contribution in [2.24, 2.45) is 7.05 Å². The predicted octanol–water partition coefficient (Wildman–Crippen LogP) is 1.90. The molecule has 2 aromatic rings. The fourth-order valence-electron chi connectivity index (χ4n) is 2.00. The monoisotopic (exact) mass is 275 g/mol. The van der Waals surface area contributed by atoms with Gasteiger partial charge in [0.25, 0.3) is 5.56 Å². The summed E-state index contributed by atoms with van der Waals surface area (Å²) in [6.45, 7) is 4.07. The number of aryl methyl sites for hydroxylation is 2. The lowest BCUT2D eigenvalue weighted by atomic mass is 10.1. The normalized spacial score (nSPS) is 12.6. The molecule has 1 aliphatic rings. The lowest BCUT2D eigenvalue weighted by molar-refractivity contribution is 0.752. The van der Waals surface area contributed by atoms with E-state index in [9.17, 15) is 9.59 Å². The van der Waals surface area contributed by atoms with Crippen LogP contribution < -0.4 is 16.6 Å². The van der Waals surface area contributed by atoms with Gasteiger partial charge < -0.3 is 5.32 Å². The molecule has 0 radical (unpaired) electrons. The van der Waals surface area contributed by atoms with Gasteiger partial charge in [-0.25, -0.2) is 4.79 Å². The fourth-order valence-corrected chi connectivity index (χ4v) is 3.06. The zero-order valence-corrected chi connectivity index (χ0v) is 11.6.